The van der Waals surface area contributed by atoms with Gasteiger partial charge >= 0.3 is 0 Å². The monoisotopic (exact) mass is 397 g/mol. The van der Waals surface area contributed by atoms with E-state index in [0.717, 1.165) is 22.3 Å². The molecule has 1 unspecified atom stereocenters. The summed E-state index contributed by atoms with van der Waals surface area (Å²) in [5.74, 6) is 1.82. The van der Waals surface area contributed by atoms with Crippen LogP contribution in [0.3, 0.4) is 0 Å². The van der Waals surface area contributed by atoms with Crippen LogP contribution in [0.1, 0.15) is 35.5 Å². The fraction of sp³-hybridized carbons (Fsp3) is 0.273. The molecule has 1 atom stereocenters. The van der Waals surface area contributed by atoms with Crippen LogP contribution in [-0.4, -0.2) is 14.8 Å². The van der Waals surface area contributed by atoms with Gasteiger partial charge in [-0.3, -0.25) is 4.57 Å². The van der Waals surface area contributed by atoms with E-state index in [1.165, 1.54) is 23.4 Å². The fourth-order valence-electron chi connectivity index (χ4n) is 2.86. The molecule has 0 saturated heterocycles. The number of hydrogen-bond acceptors (Lipinski definition) is 4. The van der Waals surface area contributed by atoms with Crippen molar-refractivity contribution in [3.63, 3.8) is 0 Å². The highest BCUT2D eigenvalue weighted by molar-refractivity contribution is 7.98. The van der Waals surface area contributed by atoms with Gasteiger partial charge in [-0.15, -0.1) is 16.8 Å². The Hall–Kier alpha value is -2.60. The van der Waals surface area contributed by atoms with Crippen molar-refractivity contribution in [2.45, 2.75) is 44.3 Å². The van der Waals surface area contributed by atoms with Crippen LogP contribution < -0.4 is 4.74 Å². The van der Waals surface area contributed by atoms with Crippen LogP contribution in [0.25, 0.3) is 0 Å². The second-order valence-corrected chi connectivity index (χ2v) is 7.52. The van der Waals surface area contributed by atoms with Crippen LogP contribution >= 0.6 is 11.8 Å². The first-order valence-electron chi connectivity index (χ1n) is 9.14. The topological polar surface area (TPSA) is 39.9 Å². The second kappa shape index (κ2) is 9.06. The van der Waals surface area contributed by atoms with Gasteiger partial charge in [0.25, 0.3) is 0 Å². The van der Waals surface area contributed by atoms with Crippen molar-refractivity contribution in [1.29, 1.82) is 0 Å². The Morgan fingerprint density at radius 1 is 1.18 bits per heavy atom. The van der Waals surface area contributed by atoms with Crippen LogP contribution in [-0.2, 0) is 12.3 Å². The average Bonchev–Trinajstić information content (AvgIpc) is 3.08. The number of aryl methyl sites for hydroxylation is 1. The minimum atomic E-state index is -0.282. The molecule has 0 aliphatic rings. The van der Waals surface area contributed by atoms with Gasteiger partial charge < -0.3 is 4.74 Å². The van der Waals surface area contributed by atoms with Crippen molar-refractivity contribution in [1.82, 2.24) is 14.8 Å². The van der Waals surface area contributed by atoms with Gasteiger partial charge in [0.15, 0.2) is 17.1 Å². The van der Waals surface area contributed by atoms with E-state index < -0.39 is 0 Å². The molecule has 0 fully saturated rings. The number of aromatic nitrogens is 3. The van der Waals surface area contributed by atoms with Gasteiger partial charge in [-0.1, -0.05) is 48.2 Å². The Morgan fingerprint density at radius 2 is 1.96 bits per heavy atom. The average molecular weight is 398 g/mol. The number of halogens is 1. The molecule has 1 aromatic heterocycles. The summed E-state index contributed by atoms with van der Waals surface area (Å²) in [6, 6.07) is 12.8. The van der Waals surface area contributed by atoms with Gasteiger partial charge in [0.2, 0.25) is 0 Å². The molecule has 3 aromatic rings. The summed E-state index contributed by atoms with van der Waals surface area (Å²) in [6.07, 6.45) is 1.51. The molecule has 3 rings (SSSR count). The molecule has 0 spiro atoms. The molecule has 146 valence electrons. The molecular weight excluding hydrogens is 373 g/mol. The van der Waals surface area contributed by atoms with E-state index in [9.17, 15) is 4.39 Å². The number of thioether (sulfide) groups is 1. The molecule has 0 amide bonds. The molecule has 0 aliphatic carbocycles. The van der Waals surface area contributed by atoms with E-state index in [1.807, 2.05) is 36.6 Å². The third-order valence-corrected chi connectivity index (χ3v) is 5.61. The van der Waals surface area contributed by atoms with E-state index in [2.05, 4.69) is 29.8 Å². The summed E-state index contributed by atoms with van der Waals surface area (Å²) in [7, 11) is 0. The van der Waals surface area contributed by atoms with Crippen LogP contribution in [0.2, 0.25) is 0 Å². The lowest BCUT2D eigenvalue weighted by molar-refractivity contribution is 0.209. The molecule has 2 aromatic carbocycles. The molecule has 0 aliphatic heterocycles. The van der Waals surface area contributed by atoms with E-state index in [-0.39, 0.29) is 11.9 Å². The van der Waals surface area contributed by atoms with Gasteiger partial charge in [-0.2, -0.15) is 0 Å². The number of ether oxygens (including phenoxy) is 1. The minimum Gasteiger partial charge on any atom is -0.482 e. The maximum atomic E-state index is 13.9. The van der Waals surface area contributed by atoms with Crippen molar-refractivity contribution in [3.8, 4) is 5.75 Å². The normalized spacial score (nSPS) is 12.0. The Balaban J connectivity index is 1.80. The molecule has 0 bridgehead atoms. The van der Waals surface area contributed by atoms with Crippen LogP contribution in [0, 0.1) is 19.7 Å². The smallest absolute Gasteiger partial charge is 0.191 e. The highest BCUT2D eigenvalue weighted by atomic mass is 32.2. The predicted molar refractivity (Wildman–Crippen MR) is 111 cm³/mol. The Morgan fingerprint density at radius 3 is 2.71 bits per heavy atom. The summed E-state index contributed by atoms with van der Waals surface area (Å²) >= 11 is 1.45. The second-order valence-electron chi connectivity index (χ2n) is 6.58. The Kier molecular flexibility index (Phi) is 6.52. The molecule has 1 heterocycles. The van der Waals surface area contributed by atoms with Crippen LogP contribution in [0.5, 0.6) is 5.75 Å². The molecule has 0 radical (unpaired) electrons. The Bertz CT molecular complexity index is 970. The van der Waals surface area contributed by atoms with E-state index in [4.69, 9.17) is 4.74 Å². The minimum absolute atomic E-state index is 0.211. The quantitative estimate of drug-likeness (QED) is 0.364. The zero-order chi connectivity index (χ0) is 20.1. The van der Waals surface area contributed by atoms with Gasteiger partial charge in [-0.05, 0) is 49.6 Å². The number of rotatable bonds is 8. The molecule has 4 nitrogen and oxygen atoms in total. The highest BCUT2D eigenvalue weighted by Crippen LogP contribution is 2.29. The summed E-state index contributed by atoms with van der Waals surface area (Å²) in [4.78, 5) is 0. The summed E-state index contributed by atoms with van der Waals surface area (Å²) in [5, 5.41) is 9.37. The van der Waals surface area contributed by atoms with E-state index >= 15 is 0 Å². The maximum Gasteiger partial charge on any atom is 0.191 e. The number of allylic oxidation sites excluding steroid dienone is 1. The lowest BCUT2D eigenvalue weighted by Gasteiger charge is -2.18. The Labute approximate surface area is 169 Å². The van der Waals surface area contributed by atoms with Crippen LogP contribution in [0.4, 0.5) is 4.39 Å². The lowest BCUT2D eigenvalue weighted by atomic mass is 10.1. The fourth-order valence-corrected chi connectivity index (χ4v) is 3.80. The molecule has 6 heteroatoms. The SMILES string of the molecule is C=CCn1c(SCc2ccccc2F)nnc1C(C)Oc1cccc(C)c1C. The summed E-state index contributed by atoms with van der Waals surface area (Å²) in [6.45, 7) is 10.4. The van der Waals surface area contributed by atoms with Gasteiger partial charge in [0.05, 0.1) is 0 Å². The lowest BCUT2D eigenvalue weighted by Crippen LogP contribution is -2.13. The first kappa shape index (κ1) is 20.1. The standard InChI is InChI=1S/C22H24FN3OS/c1-5-13-26-21(17(4)27-20-12-8-9-15(2)16(20)3)24-25-22(26)28-14-18-10-6-7-11-19(18)23/h5-12,17H,1,13-14H2,2-4H3. The van der Waals surface area contributed by atoms with E-state index in [0.29, 0.717) is 17.9 Å². The highest BCUT2D eigenvalue weighted by Gasteiger charge is 2.20. The zero-order valence-electron chi connectivity index (χ0n) is 16.4. The van der Waals surface area contributed by atoms with Crippen molar-refractivity contribution in [3.05, 3.63) is 83.5 Å². The molecule has 0 saturated carbocycles. The third-order valence-electron chi connectivity index (χ3n) is 4.59. The first-order valence-corrected chi connectivity index (χ1v) is 10.1. The molecule has 0 N–H and O–H groups in total. The largest absolute Gasteiger partial charge is 0.482 e. The number of benzene rings is 2. The van der Waals surface area contributed by atoms with Crippen molar-refractivity contribution < 1.29 is 9.13 Å². The van der Waals surface area contributed by atoms with Crippen molar-refractivity contribution in [2.75, 3.05) is 0 Å². The van der Waals surface area contributed by atoms with Gasteiger partial charge in [0.1, 0.15) is 11.6 Å². The van der Waals surface area contributed by atoms with Crippen molar-refractivity contribution >= 4 is 11.8 Å². The summed E-state index contributed by atoms with van der Waals surface area (Å²) in [5.41, 5.74) is 2.93. The maximum absolute atomic E-state index is 13.9. The van der Waals surface area contributed by atoms with Gasteiger partial charge in [-0.25, -0.2) is 4.39 Å². The first-order chi connectivity index (χ1) is 13.5. The number of nitrogens with zero attached hydrogens (tertiary/aromatic N) is 3. The molecule has 28 heavy (non-hydrogen) atoms. The number of hydrogen-bond donors (Lipinski definition) is 0. The third kappa shape index (κ3) is 4.44. The predicted octanol–water partition coefficient (Wildman–Crippen LogP) is 5.65. The zero-order valence-corrected chi connectivity index (χ0v) is 17.2. The van der Waals surface area contributed by atoms with Crippen LogP contribution in [0.15, 0.2) is 60.3 Å². The molecular formula is C22H24FN3OS. The van der Waals surface area contributed by atoms with Crippen molar-refractivity contribution in [2.24, 2.45) is 0 Å². The van der Waals surface area contributed by atoms with Gasteiger partial charge in [0, 0.05) is 12.3 Å². The van der Waals surface area contributed by atoms with E-state index in [1.54, 1.807) is 18.2 Å². The summed E-state index contributed by atoms with van der Waals surface area (Å²) < 4.78 is 22.0.